The Morgan fingerprint density at radius 3 is 2.45 bits per heavy atom. The standard InChI is InChI=1S/C16H14ClNO2S2/c1-11(18-22(19,20)16-9-8-15(17)21-16)13-7-6-12-4-2-3-5-14(12)10-13/h2-11,18H,1H3. The number of thiophene rings is 1. The molecule has 0 amide bonds. The van der Waals surface area contributed by atoms with Gasteiger partial charge >= 0.3 is 0 Å². The molecule has 0 aliphatic carbocycles. The zero-order chi connectivity index (χ0) is 15.7. The number of halogens is 1. The van der Waals surface area contributed by atoms with Crippen molar-refractivity contribution >= 4 is 43.7 Å². The second-order valence-corrected chi connectivity index (χ2v) is 8.66. The zero-order valence-corrected chi connectivity index (χ0v) is 14.2. The highest BCUT2D eigenvalue weighted by Crippen LogP contribution is 2.27. The highest BCUT2D eigenvalue weighted by Gasteiger charge is 2.20. The van der Waals surface area contributed by atoms with Gasteiger partial charge in [0.2, 0.25) is 0 Å². The molecule has 3 nitrogen and oxygen atoms in total. The number of hydrogen-bond acceptors (Lipinski definition) is 3. The van der Waals surface area contributed by atoms with Crippen LogP contribution in [0.3, 0.4) is 0 Å². The van der Waals surface area contributed by atoms with E-state index in [0.29, 0.717) is 4.34 Å². The van der Waals surface area contributed by atoms with Gasteiger partial charge < -0.3 is 0 Å². The Balaban J connectivity index is 1.88. The fraction of sp³-hybridized carbons (Fsp3) is 0.125. The van der Waals surface area contributed by atoms with Crippen molar-refractivity contribution in [1.82, 2.24) is 4.72 Å². The second kappa shape index (κ2) is 6.01. The average molecular weight is 352 g/mol. The molecule has 1 atom stereocenters. The van der Waals surface area contributed by atoms with E-state index in [-0.39, 0.29) is 10.3 Å². The monoisotopic (exact) mass is 351 g/mol. The normalized spacial score (nSPS) is 13.4. The fourth-order valence-corrected chi connectivity index (χ4v) is 5.01. The summed E-state index contributed by atoms with van der Waals surface area (Å²) in [4.78, 5) is 0. The molecule has 1 N–H and O–H groups in total. The summed E-state index contributed by atoms with van der Waals surface area (Å²) in [6, 6.07) is 16.7. The smallest absolute Gasteiger partial charge is 0.206 e. The third-order valence-corrected chi connectivity index (χ3v) is 6.68. The Bertz CT molecular complexity index is 919. The Morgan fingerprint density at radius 1 is 1.05 bits per heavy atom. The van der Waals surface area contributed by atoms with Crippen molar-refractivity contribution in [1.29, 1.82) is 0 Å². The molecule has 3 rings (SSSR count). The number of nitrogens with one attached hydrogen (secondary N) is 1. The number of sulfonamides is 1. The van der Waals surface area contributed by atoms with Gasteiger partial charge in [0.25, 0.3) is 10.0 Å². The molecule has 0 saturated carbocycles. The molecule has 0 bridgehead atoms. The van der Waals surface area contributed by atoms with Gasteiger partial charge in [-0.1, -0.05) is 48.0 Å². The Morgan fingerprint density at radius 2 is 1.77 bits per heavy atom. The first kappa shape index (κ1) is 15.5. The Kier molecular flexibility index (Phi) is 4.23. The van der Waals surface area contributed by atoms with Crippen molar-refractivity contribution in [2.45, 2.75) is 17.2 Å². The lowest BCUT2D eigenvalue weighted by Crippen LogP contribution is -2.26. The van der Waals surface area contributed by atoms with Crippen LogP contribution in [-0.2, 0) is 10.0 Å². The van der Waals surface area contributed by atoms with E-state index in [2.05, 4.69) is 4.72 Å². The molecule has 1 unspecified atom stereocenters. The van der Waals surface area contributed by atoms with Gasteiger partial charge in [0, 0.05) is 6.04 Å². The van der Waals surface area contributed by atoms with Crippen LogP contribution in [0.25, 0.3) is 10.8 Å². The van der Waals surface area contributed by atoms with Crippen LogP contribution in [0.5, 0.6) is 0 Å². The third kappa shape index (κ3) is 3.17. The van der Waals surface area contributed by atoms with Crippen LogP contribution in [0, 0.1) is 0 Å². The Hall–Kier alpha value is -1.40. The van der Waals surface area contributed by atoms with Crippen LogP contribution in [0.15, 0.2) is 58.8 Å². The van der Waals surface area contributed by atoms with Crippen molar-refractivity contribution in [3.8, 4) is 0 Å². The first-order valence-electron chi connectivity index (χ1n) is 6.72. The first-order chi connectivity index (χ1) is 10.5. The summed E-state index contributed by atoms with van der Waals surface area (Å²) < 4.78 is 28.0. The van der Waals surface area contributed by atoms with E-state index < -0.39 is 10.0 Å². The van der Waals surface area contributed by atoms with Crippen LogP contribution >= 0.6 is 22.9 Å². The van der Waals surface area contributed by atoms with Gasteiger partial charge in [-0.15, -0.1) is 11.3 Å². The molecule has 2 aromatic carbocycles. The molecule has 1 aromatic heterocycles. The zero-order valence-electron chi connectivity index (χ0n) is 11.8. The number of fused-ring (bicyclic) bond motifs is 1. The van der Waals surface area contributed by atoms with Gasteiger partial charge in [-0.2, -0.15) is 0 Å². The third-order valence-electron chi connectivity index (χ3n) is 3.42. The predicted octanol–water partition coefficient (Wildman–Crippen LogP) is 4.59. The van der Waals surface area contributed by atoms with Crippen LogP contribution in [-0.4, -0.2) is 8.42 Å². The van der Waals surface area contributed by atoms with Crippen molar-refractivity contribution < 1.29 is 8.42 Å². The molecule has 0 spiro atoms. The van der Waals surface area contributed by atoms with Gasteiger partial charge in [-0.05, 0) is 41.5 Å². The summed E-state index contributed by atoms with van der Waals surface area (Å²) in [5.74, 6) is 0. The summed E-state index contributed by atoms with van der Waals surface area (Å²) in [6.07, 6.45) is 0. The van der Waals surface area contributed by atoms with Gasteiger partial charge in [0.1, 0.15) is 4.21 Å². The largest absolute Gasteiger partial charge is 0.250 e. The lowest BCUT2D eigenvalue weighted by molar-refractivity contribution is 0.569. The number of rotatable bonds is 4. The van der Waals surface area contributed by atoms with Crippen LogP contribution in [0.1, 0.15) is 18.5 Å². The number of hydrogen-bond donors (Lipinski definition) is 1. The first-order valence-corrected chi connectivity index (χ1v) is 9.40. The molecule has 6 heteroatoms. The maximum absolute atomic E-state index is 12.3. The fourth-order valence-electron chi connectivity index (χ4n) is 2.28. The molecule has 0 saturated heterocycles. The Labute approximate surface area is 138 Å². The van der Waals surface area contributed by atoms with E-state index in [4.69, 9.17) is 11.6 Å². The molecular weight excluding hydrogens is 338 g/mol. The van der Waals surface area contributed by atoms with Crippen LogP contribution in [0.4, 0.5) is 0 Å². The molecule has 1 heterocycles. The molecule has 22 heavy (non-hydrogen) atoms. The topological polar surface area (TPSA) is 46.2 Å². The van der Waals surface area contributed by atoms with Crippen molar-refractivity contribution in [3.63, 3.8) is 0 Å². The summed E-state index contributed by atoms with van der Waals surface area (Å²) in [5.41, 5.74) is 0.921. The van der Waals surface area contributed by atoms with E-state index >= 15 is 0 Å². The lowest BCUT2D eigenvalue weighted by Gasteiger charge is -2.14. The van der Waals surface area contributed by atoms with E-state index in [9.17, 15) is 8.42 Å². The maximum atomic E-state index is 12.3. The van der Waals surface area contributed by atoms with E-state index in [1.54, 1.807) is 6.07 Å². The van der Waals surface area contributed by atoms with E-state index in [1.165, 1.54) is 6.07 Å². The molecule has 114 valence electrons. The second-order valence-electron chi connectivity index (χ2n) is 5.01. The highest BCUT2D eigenvalue weighted by atomic mass is 35.5. The minimum Gasteiger partial charge on any atom is -0.206 e. The summed E-state index contributed by atoms with van der Waals surface area (Å²) in [6.45, 7) is 1.83. The van der Waals surface area contributed by atoms with E-state index in [1.807, 2.05) is 49.4 Å². The predicted molar refractivity (Wildman–Crippen MR) is 92.0 cm³/mol. The van der Waals surface area contributed by atoms with Crippen molar-refractivity contribution in [2.24, 2.45) is 0 Å². The van der Waals surface area contributed by atoms with Gasteiger partial charge in [0.05, 0.1) is 4.34 Å². The minimum absolute atomic E-state index is 0.227. The summed E-state index contributed by atoms with van der Waals surface area (Å²) >= 11 is 6.86. The van der Waals surface area contributed by atoms with Gasteiger partial charge in [0.15, 0.2) is 0 Å². The molecule has 0 fully saturated rings. The summed E-state index contributed by atoms with van der Waals surface area (Å²) in [5, 5.41) is 2.22. The van der Waals surface area contributed by atoms with Crippen LogP contribution in [0.2, 0.25) is 4.34 Å². The van der Waals surface area contributed by atoms with E-state index in [0.717, 1.165) is 27.7 Å². The molecule has 3 aromatic rings. The molecular formula is C16H14ClNO2S2. The summed E-state index contributed by atoms with van der Waals surface area (Å²) in [7, 11) is -3.56. The minimum atomic E-state index is -3.56. The molecule has 0 aliphatic rings. The molecule has 0 aliphatic heterocycles. The number of benzene rings is 2. The average Bonchev–Trinajstić information content (AvgIpc) is 2.94. The quantitative estimate of drug-likeness (QED) is 0.747. The molecule has 0 radical (unpaired) electrons. The van der Waals surface area contributed by atoms with Crippen LogP contribution < -0.4 is 4.72 Å². The van der Waals surface area contributed by atoms with Crippen molar-refractivity contribution in [2.75, 3.05) is 0 Å². The SMILES string of the molecule is CC(NS(=O)(=O)c1ccc(Cl)s1)c1ccc2ccccc2c1. The maximum Gasteiger partial charge on any atom is 0.250 e. The van der Waals surface area contributed by atoms with Crippen molar-refractivity contribution in [3.05, 3.63) is 64.5 Å². The lowest BCUT2D eigenvalue weighted by atomic mass is 10.0. The van der Waals surface area contributed by atoms with Gasteiger partial charge in [-0.3, -0.25) is 0 Å². The van der Waals surface area contributed by atoms with Gasteiger partial charge in [-0.25, -0.2) is 13.1 Å². The highest BCUT2D eigenvalue weighted by molar-refractivity contribution is 7.91.